The molecule has 182 valence electrons. The number of unbranched alkanes of at least 4 members (excludes halogenated alkanes) is 1. The van der Waals surface area contributed by atoms with Gasteiger partial charge in [-0.25, -0.2) is 0 Å². The van der Waals surface area contributed by atoms with E-state index in [9.17, 15) is 9.59 Å². The van der Waals surface area contributed by atoms with Gasteiger partial charge in [-0.2, -0.15) is 0 Å². The summed E-state index contributed by atoms with van der Waals surface area (Å²) in [6, 6.07) is 4.94. The van der Waals surface area contributed by atoms with Crippen molar-refractivity contribution in [2.24, 2.45) is 5.73 Å². The van der Waals surface area contributed by atoms with Crippen LogP contribution in [0.1, 0.15) is 50.5 Å². The molecular formula is C24H35Cl2N5O2. The number of nitrogens with two attached hydrogens (primary N) is 1. The number of nitrogens with one attached hydrogen (secondary N) is 2. The van der Waals surface area contributed by atoms with E-state index in [-0.39, 0.29) is 24.2 Å². The second-order valence-electron chi connectivity index (χ2n) is 9.08. The van der Waals surface area contributed by atoms with Crippen LogP contribution in [-0.2, 0) is 16.1 Å². The molecule has 4 rings (SSSR count). The standard InChI is InChI=1S/C24H34ClN5O2.ClH/c25-19-16-27-21-8-7-17(14-18(19)21)15-28-23(31)22-9-13-30(22)24(32)20(26)6-2-5-12-29-10-3-1-4-11-29;/h7-8,14,16,20,22,27H,1-6,9-13,15,26H2,(H,28,31);1H/t20-,22+;/m1./s1. The summed E-state index contributed by atoms with van der Waals surface area (Å²) in [5.74, 6) is -0.225. The molecule has 4 N–H and O–H groups in total. The zero-order valence-corrected chi connectivity index (χ0v) is 20.6. The van der Waals surface area contributed by atoms with Crippen molar-refractivity contribution in [1.29, 1.82) is 0 Å². The molecule has 2 saturated heterocycles. The normalized spacial score (nSPS) is 19.6. The Balaban J connectivity index is 0.00000306. The number of benzene rings is 1. The average Bonchev–Trinajstić information content (AvgIpc) is 3.15. The minimum Gasteiger partial charge on any atom is -0.360 e. The Kier molecular flexibility index (Phi) is 9.44. The number of likely N-dealkylation sites (tertiary alicyclic amines) is 2. The maximum Gasteiger partial charge on any atom is 0.243 e. The third kappa shape index (κ3) is 6.41. The number of carbonyl (C=O) groups excluding carboxylic acids is 2. The molecule has 0 unspecified atom stereocenters. The van der Waals surface area contributed by atoms with Gasteiger partial charge in [0.1, 0.15) is 6.04 Å². The van der Waals surface area contributed by atoms with Gasteiger partial charge in [0.2, 0.25) is 11.8 Å². The third-order valence-electron chi connectivity index (χ3n) is 6.77. The molecule has 2 fully saturated rings. The lowest BCUT2D eigenvalue weighted by atomic mass is 9.98. The third-order valence-corrected chi connectivity index (χ3v) is 7.09. The van der Waals surface area contributed by atoms with Crippen molar-refractivity contribution in [2.75, 3.05) is 26.2 Å². The Morgan fingerprint density at radius 3 is 2.70 bits per heavy atom. The Morgan fingerprint density at radius 1 is 1.18 bits per heavy atom. The molecular weight excluding hydrogens is 461 g/mol. The van der Waals surface area contributed by atoms with Crippen molar-refractivity contribution in [3.05, 3.63) is 35.0 Å². The molecule has 2 aliphatic rings. The van der Waals surface area contributed by atoms with E-state index < -0.39 is 12.1 Å². The van der Waals surface area contributed by atoms with Crippen molar-refractivity contribution < 1.29 is 9.59 Å². The van der Waals surface area contributed by atoms with Crippen molar-refractivity contribution in [1.82, 2.24) is 20.1 Å². The molecule has 0 aliphatic carbocycles. The van der Waals surface area contributed by atoms with E-state index in [0.717, 1.165) is 35.9 Å². The molecule has 0 spiro atoms. The topological polar surface area (TPSA) is 94.5 Å². The summed E-state index contributed by atoms with van der Waals surface area (Å²) in [6.07, 6.45) is 9.06. The number of carbonyl (C=O) groups is 2. The summed E-state index contributed by atoms with van der Waals surface area (Å²) < 4.78 is 0. The first kappa shape index (κ1) is 25.8. The number of amides is 2. The predicted molar refractivity (Wildman–Crippen MR) is 135 cm³/mol. The van der Waals surface area contributed by atoms with E-state index in [1.54, 1.807) is 11.1 Å². The van der Waals surface area contributed by atoms with Gasteiger partial charge in [0.15, 0.2) is 0 Å². The highest BCUT2D eigenvalue weighted by molar-refractivity contribution is 6.35. The zero-order chi connectivity index (χ0) is 22.5. The summed E-state index contributed by atoms with van der Waals surface area (Å²) in [5, 5.41) is 4.55. The molecule has 2 amide bonds. The Bertz CT molecular complexity index is 944. The van der Waals surface area contributed by atoms with Crippen LogP contribution in [0.2, 0.25) is 5.02 Å². The van der Waals surface area contributed by atoms with Crippen molar-refractivity contribution in [3.8, 4) is 0 Å². The van der Waals surface area contributed by atoms with Crippen LogP contribution in [0.15, 0.2) is 24.4 Å². The van der Waals surface area contributed by atoms with Gasteiger partial charge in [0.25, 0.3) is 0 Å². The number of hydrogen-bond donors (Lipinski definition) is 3. The van der Waals surface area contributed by atoms with Crippen LogP contribution in [0.5, 0.6) is 0 Å². The first-order valence-electron chi connectivity index (χ1n) is 11.8. The molecule has 2 aromatic rings. The van der Waals surface area contributed by atoms with Gasteiger partial charge in [-0.05, 0) is 69.4 Å². The molecule has 0 radical (unpaired) electrons. The Labute approximate surface area is 206 Å². The summed E-state index contributed by atoms with van der Waals surface area (Å²) in [4.78, 5) is 32.7. The van der Waals surface area contributed by atoms with Crippen molar-refractivity contribution >= 4 is 46.7 Å². The number of nitrogens with zero attached hydrogens (tertiary/aromatic N) is 2. The highest BCUT2D eigenvalue weighted by atomic mass is 35.5. The van der Waals surface area contributed by atoms with Gasteiger partial charge in [-0.15, -0.1) is 12.4 Å². The fraction of sp³-hybridized carbons (Fsp3) is 0.583. The number of rotatable bonds is 9. The molecule has 0 saturated carbocycles. The number of halogens is 2. The zero-order valence-electron chi connectivity index (χ0n) is 19.0. The van der Waals surface area contributed by atoms with Crippen LogP contribution in [0.3, 0.4) is 0 Å². The number of hydrogen-bond acceptors (Lipinski definition) is 4. The van der Waals surface area contributed by atoms with Gasteiger partial charge < -0.3 is 25.8 Å². The van der Waals surface area contributed by atoms with E-state index in [4.69, 9.17) is 17.3 Å². The van der Waals surface area contributed by atoms with E-state index in [1.807, 2.05) is 18.2 Å². The van der Waals surface area contributed by atoms with Crippen molar-refractivity contribution in [2.45, 2.75) is 63.6 Å². The summed E-state index contributed by atoms with van der Waals surface area (Å²) in [5.41, 5.74) is 8.11. The quantitative estimate of drug-likeness (QED) is 0.464. The largest absolute Gasteiger partial charge is 0.360 e. The average molecular weight is 496 g/mol. The predicted octanol–water partition coefficient (Wildman–Crippen LogP) is 3.44. The molecule has 0 bridgehead atoms. The number of piperidine rings is 1. The molecule has 1 aromatic carbocycles. The van der Waals surface area contributed by atoms with Gasteiger partial charge >= 0.3 is 0 Å². The lowest BCUT2D eigenvalue weighted by molar-refractivity contribution is -0.148. The van der Waals surface area contributed by atoms with Gasteiger partial charge in [0.05, 0.1) is 11.1 Å². The summed E-state index contributed by atoms with van der Waals surface area (Å²) in [7, 11) is 0. The molecule has 33 heavy (non-hydrogen) atoms. The number of aromatic nitrogens is 1. The molecule has 9 heteroatoms. The minimum atomic E-state index is -0.523. The van der Waals surface area contributed by atoms with Crippen molar-refractivity contribution in [3.63, 3.8) is 0 Å². The van der Waals surface area contributed by atoms with Crippen LogP contribution < -0.4 is 11.1 Å². The lowest BCUT2D eigenvalue weighted by Gasteiger charge is -2.41. The van der Waals surface area contributed by atoms with Crippen LogP contribution in [0.4, 0.5) is 0 Å². The maximum absolute atomic E-state index is 12.8. The van der Waals surface area contributed by atoms with Crippen LogP contribution in [0.25, 0.3) is 10.9 Å². The second-order valence-corrected chi connectivity index (χ2v) is 9.48. The van der Waals surface area contributed by atoms with E-state index in [2.05, 4.69) is 15.2 Å². The van der Waals surface area contributed by atoms with Gasteiger partial charge in [-0.3, -0.25) is 9.59 Å². The fourth-order valence-electron chi connectivity index (χ4n) is 4.69. The van der Waals surface area contributed by atoms with E-state index in [1.165, 1.54) is 32.4 Å². The fourth-order valence-corrected chi connectivity index (χ4v) is 4.90. The first-order valence-corrected chi connectivity index (χ1v) is 12.2. The smallest absolute Gasteiger partial charge is 0.243 e. The lowest BCUT2D eigenvalue weighted by Crippen LogP contribution is -2.61. The van der Waals surface area contributed by atoms with Gasteiger partial charge in [-0.1, -0.05) is 30.5 Å². The Morgan fingerprint density at radius 2 is 1.97 bits per heavy atom. The first-order chi connectivity index (χ1) is 15.5. The summed E-state index contributed by atoms with van der Waals surface area (Å²) >= 11 is 6.18. The van der Waals surface area contributed by atoms with Crippen LogP contribution in [0, 0.1) is 0 Å². The number of fused-ring (bicyclic) bond motifs is 1. The second kappa shape index (κ2) is 12.1. The SMILES string of the molecule is Cl.N[C@H](CCCCN1CCCCC1)C(=O)N1CC[C@H]1C(=O)NCc1ccc2[nH]cc(Cl)c2c1. The minimum absolute atomic E-state index is 0. The van der Waals surface area contributed by atoms with E-state index in [0.29, 0.717) is 31.0 Å². The van der Waals surface area contributed by atoms with Crippen LogP contribution >= 0.6 is 24.0 Å². The summed E-state index contributed by atoms with van der Waals surface area (Å²) in [6.45, 7) is 4.49. The van der Waals surface area contributed by atoms with Crippen LogP contribution in [-0.4, -0.2) is 64.9 Å². The maximum atomic E-state index is 12.8. The molecule has 2 aliphatic heterocycles. The monoisotopic (exact) mass is 495 g/mol. The molecule has 3 heterocycles. The molecule has 7 nitrogen and oxygen atoms in total. The van der Waals surface area contributed by atoms with Gasteiger partial charge in [0, 0.05) is 30.2 Å². The molecule has 1 aromatic heterocycles. The Hall–Kier alpha value is -1.80. The van der Waals surface area contributed by atoms with E-state index >= 15 is 0 Å². The number of H-pyrrole nitrogens is 1. The number of aromatic amines is 1. The highest BCUT2D eigenvalue weighted by Crippen LogP contribution is 2.24. The highest BCUT2D eigenvalue weighted by Gasteiger charge is 2.39. The molecule has 2 atom stereocenters.